The zero-order valence-electron chi connectivity index (χ0n) is 12.5. The standard InChI is InChI=1S/C16H27N3/c1-4-15(17-2)14-8-5-6-9-16(14)19-11-7-10-18(3)12-13-19/h5-6,8-9,15,17H,4,7,10-13H2,1-3H3. The minimum Gasteiger partial charge on any atom is -0.370 e. The largest absolute Gasteiger partial charge is 0.370 e. The molecule has 1 saturated heterocycles. The Hall–Kier alpha value is -1.06. The van der Waals surface area contributed by atoms with Gasteiger partial charge in [0.2, 0.25) is 0 Å². The smallest absolute Gasteiger partial charge is 0.0415 e. The van der Waals surface area contributed by atoms with Gasteiger partial charge in [-0.15, -0.1) is 0 Å². The lowest BCUT2D eigenvalue weighted by Crippen LogP contribution is -2.30. The summed E-state index contributed by atoms with van der Waals surface area (Å²) >= 11 is 0. The van der Waals surface area contributed by atoms with Gasteiger partial charge < -0.3 is 15.1 Å². The summed E-state index contributed by atoms with van der Waals surface area (Å²) in [7, 11) is 4.28. The predicted octanol–water partition coefficient (Wildman–Crippen LogP) is 2.50. The van der Waals surface area contributed by atoms with Crippen LogP contribution in [0.2, 0.25) is 0 Å². The molecule has 0 bridgehead atoms. The summed E-state index contributed by atoms with van der Waals surface area (Å²) < 4.78 is 0. The first-order valence-corrected chi connectivity index (χ1v) is 7.46. The highest BCUT2D eigenvalue weighted by Gasteiger charge is 2.18. The lowest BCUT2D eigenvalue weighted by molar-refractivity contribution is 0.360. The lowest BCUT2D eigenvalue weighted by Gasteiger charge is -2.28. The van der Waals surface area contributed by atoms with Crippen molar-refractivity contribution >= 4 is 5.69 Å². The fourth-order valence-electron chi connectivity index (χ4n) is 2.94. The summed E-state index contributed by atoms with van der Waals surface area (Å²) in [6.07, 6.45) is 2.38. The Morgan fingerprint density at radius 1 is 1.16 bits per heavy atom. The fraction of sp³-hybridized carbons (Fsp3) is 0.625. The molecule has 1 aliphatic rings. The van der Waals surface area contributed by atoms with Crippen molar-refractivity contribution in [3.8, 4) is 0 Å². The van der Waals surface area contributed by atoms with Gasteiger partial charge in [0.15, 0.2) is 0 Å². The van der Waals surface area contributed by atoms with Crippen LogP contribution in [0.15, 0.2) is 24.3 Å². The van der Waals surface area contributed by atoms with Gasteiger partial charge >= 0.3 is 0 Å². The molecular weight excluding hydrogens is 234 g/mol. The molecule has 19 heavy (non-hydrogen) atoms. The van der Waals surface area contributed by atoms with Gasteiger partial charge in [-0.05, 0) is 45.1 Å². The van der Waals surface area contributed by atoms with E-state index in [1.807, 2.05) is 0 Å². The Morgan fingerprint density at radius 3 is 2.68 bits per heavy atom. The normalized spacial score (nSPS) is 19.2. The molecule has 3 heteroatoms. The summed E-state index contributed by atoms with van der Waals surface area (Å²) in [5.41, 5.74) is 2.86. The van der Waals surface area contributed by atoms with Crippen molar-refractivity contribution in [2.45, 2.75) is 25.8 Å². The molecule has 0 saturated carbocycles. The highest BCUT2D eigenvalue weighted by atomic mass is 15.2. The Kier molecular flexibility index (Phi) is 5.23. The van der Waals surface area contributed by atoms with Crippen LogP contribution in [0, 0.1) is 0 Å². The van der Waals surface area contributed by atoms with Crippen LogP contribution in [0.3, 0.4) is 0 Å². The molecule has 3 nitrogen and oxygen atoms in total. The summed E-state index contributed by atoms with van der Waals surface area (Å²) in [5.74, 6) is 0. The van der Waals surface area contributed by atoms with Crippen molar-refractivity contribution in [1.82, 2.24) is 10.2 Å². The minimum atomic E-state index is 0.456. The van der Waals surface area contributed by atoms with Gasteiger partial charge in [0.25, 0.3) is 0 Å². The summed E-state index contributed by atoms with van der Waals surface area (Å²) in [6.45, 7) is 6.91. The average Bonchev–Trinajstić information content (AvgIpc) is 2.66. The first kappa shape index (κ1) is 14.4. The molecule has 0 amide bonds. The fourth-order valence-corrected chi connectivity index (χ4v) is 2.94. The number of likely N-dealkylation sites (N-methyl/N-ethyl adjacent to an activating group) is 1. The summed E-state index contributed by atoms with van der Waals surface area (Å²) in [5, 5.41) is 3.43. The first-order valence-electron chi connectivity index (χ1n) is 7.46. The third-order valence-electron chi connectivity index (χ3n) is 4.13. The molecule has 1 unspecified atom stereocenters. The second-order valence-electron chi connectivity index (χ2n) is 5.45. The monoisotopic (exact) mass is 261 g/mol. The molecule has 1 atom stereocenters. The molecule has 1 aliphatic heterocycles. The molecule has 0 aromatic heterocycles. The number of benzene rings is 1. The number of hydrogen-bond donors (Lipinski definition) is 1. The van der Waals surface area contributed by atoms with E-state index in [1.165, 1.54) is 30.8 Å². The molecule has 0 aliphatic carbocycles. The third kappa shape index (κ3) is 3.48. The molecule has 1 aromatic rings. The molecule has 0 radical (unpaired) electrons. The van der Waals surface area contributed by atoms with Crippen LogP contribution in [0.4, 0.5) is 5.69 Å². The van der Waals surface area contributed by atoms with E-state index in [2.05, 4.69) is 60.4 Å². The highest BCUT2D eigenvalue weighted by Crippen LogP contribution is 2.28. The molecule has 2 rings (SSSR count). The maximum Gasteiger partial charge on any atom is 0.0415 e. The van der Waals surface area contributed by atoms with Crippen molar-refractivity contribution in [3.63, 3.8) is 0 Å². The molecule has 1 heterocycles. The van der Waals surface area contributed by atoms with Crippen LogP contribution in [0.1, 0.15) is 31.4 Å². The van der Waals surface area contributed by atoms with E-state index >= 15 is 0 Å². The lowest BCUT2D eigenvalue weighted by atomic mass is 10.0. The molecule has 0 spiro atoms. The quantitative estimate of drug-likeness (QED) is 0.898. The molecule has 106 valence electrons. The molecule has 1 fully saturated rings. The van der Waals surface area contributed by atoms with E-state index < -0.39 is 0 Å². The summed E-state index contributed by atoms with van der Waals surface area (Å²) in [6, 6.07) is 9.32. The topological polar surface area (TPSA) is 18.5 Å². The maximum atomic E-state index is 3.43. The number of hydrogen-bond acceptors (Lipinski definition) is 3. The number of rotatable bonds is 4. The van der Waals surface area contributed by atoms with E-state index in [0.717, 1.165) is 19.5 Å². The van der Waals surface area contributed by atoms with E-state index in [0.29, 0.717) is 6.04 Å². The number of anilines is 1. The number of nitrogens with one attached hydrogen (secondary N) is 1. The van der Waals surface area contributed by atoms with E-state index in [4.69, 9.17) is 0 Å². The maximum absolute atomic E-state index is 3.43. The van der Waals surface area contributed by atoms with E-state index in [-0.39, 0.29) is 0 Å². The second-order valence-corrected chi connectivity index (χ2v) is 5.45. The van der Waals surface area contributed by atoms with Gasteiger partial charge in [0.05, 0.1) is 0 Å². The van der Waals surface area contributed by atoms with Crippen LogP contribution in [-0.4, -0.2) is 45.2 Å². The molecular formula is C16H27N3. The van der Waals surface area contributed by atoms with Gasteiger partial charge in [-0.25, -0.2) is 0 Å². The van der Waals surface area contributed by atoms with Gasteiger partial charge in [0.1, 0.15) is 0 Å². The van der Waals surface area contributed by atoms with Crippen molar-refractivity contribution in [2.75, 3.05) is 45.2 Å². The van der Waals surface area contributed by atoms with Crippen LogP contribution >= 0.6 is 0 Å². The van der Waals surface area contributed by atoms with Crippen LogP contribution in [-0.2, 0) is 0 Å². The Morgan fingerprint density at radius 2 is 1.95 bits per heavy atom. The third-order valence-corrected chi connectivity index (χ3v) is 4.13. The van der Waals surface area contributed by atoms with Crippen LogP contribution < -0.4 is 10.2 Å². The number of nitrogens with zero attached hydrogens (tertiary/aromatic N) is 2. The van der Waals surface area contributed by atoms with Gasteiger partial charge in [0, 0.05) is 31.4 Å². The van der Waals surface area contributed by atoms with Crippen molar-refractivity contribution < 1.29 is 0 Å². The summed E-state index contributed by atoms with van der Waals surface area (Å²) in [4.78, 5) is 4.98. The SMILES string of the molecule is CCC(NC)c1ccccc1N1CCCN(C)CC1. The van der Waals surface area contributed by atoms with Gasteiger partial charge in [-0.1, -0.05) is 25.1 Å². The van der Waals surface area contributed by atoms with Gasteiger partial charge in [-0.2, -0.15) is 0 Å². The Labute approximate surface area is 117 Å². The van der Waals surface area contributed by atoms with Crippen LogP contribution in [0.5, 0.6) is 0 Å². The first-order chi connectivity index (χ1) is 9.26. The molecule has 1 N–H and O–H groups in total. The predicted molar refractivity (Wildman–Crippen MR) is 82.9 cm³/mol. The Balaban J connectivity index is 2.23. The number of para-hydroxylation sites is 1. The zero-order valence-corrected chi connectivity index (χ0v) is 12.5. The zero-order chi connectivity index (χ0) is 13.7. The highest BCUT2D eigenvalue weighted by molar-refractivity contribution is 5.55. The van der Waals surface area contributed by atoms with Crippen molar-refractivity contribution in [1.29, 1.82) is 0 Å². The second kappa shape index (κ2) is 6.92. The average molecular weight is 261 g/mol. The van der Waals surface area contributed by atoms with Crippen molar-refractivity contribution in [2.24, 2.45) is 0 Å². The van der Waals surface area contributed by atoms with Crippen LogP contribution in [0.25, 0.3) is 0 Å². The van der Waals surface area contributed by atoms with Gasteiger partial charge in [-0.3, -0.25) is 0 Å². The Bertz CT molecular complexity index is 387. The van der Waals surface area contributed by atoms with E-state index in [9.17, 15) is 0 Å². The van der Waals surface area contributed by atoms with E-state index in [1.54, 1.807) is 0 Å². The molecule has 1 aromatic carbocycles. The minimum absolute atomic E-state index is 0.456. The van der Waals surface area contributed by atoms with Crippen molar-refractivity contribution in [3.05, 3.63) is 29.8 Å².